The molecule has 0 fully saturated rings. The lowest BCUT2D eigenvalue weighted by Gasteiger charge is -2.32. The van der Waals surface area contributed by atoms with Gasteiger partial charge in [0.1, 0.15) is 12.6 Å². The number of hydrogen-bond donors (Lipinski definition) is 1. The van der Waals surface area contributed by atoms with E-state index in [1.54, 1.807) is 43.3 Å². The van der Waals surface area contributed by atoms with Gasteiger partial charge in [-0.25, -0.2) is 8.42 Å². The maximum atomic E-state index is 13.8. The van der Waals surface area contributed by atoms with Gasteiger partial charge in [0.2, 0.25) is 11.8 Å². The minimum atomic E-state index is -4.11. The zero-order valence-electron chi connectivity index (χ0n) is 22.3. The van der Waals surface area contributed by atoms with Crippen molar-refractivity contribution in [1.29, 1.82) is 0 Å². The highest BCUT2D eigenvalue weighted by Gasteiger charge is 2.32. The molecule has 0 radical (unpaired) electrons. The molecular weight excluding hydrogens is 522 g/mol. The molecule has 0 aromatic heterocycles. The van der Waals surface area contributed by atoms with Crippen LogP contribution in [-0.4, -0.2) is 43.8 Å². The summed E-state index contributed by atoms with van der Waals surface area (Å²) in [5, 5.41) is 3.28. The van der Waals surface area contributed by atoms with Crippen molar-refractivity contribution >= 4 is 39.1 Å². The van der Waals surface area contributed by atoms with E-state index in [0.29, 0.717) is 5.02 Å². The second-order valence-electron chi connectivity index (χ2n) is 9.65. The van der Waals surface area contributed by atoms with Crippen LogP contribution in [0, 0.1) is 13.8 Å². The Morgan fingerprint density at radius 1 is 0.842 bits per heavy atom. The highest BCUT2D eigenvalue weighted by molar-refractivity contribution is 7.92. The molecule has 0 saturated carbocycles. The topological polar surface area (TPSA) is 86.8 Å². The van der Waals surface area contributed by atoms with Crippen LogP contribution in [0.2, 0.25) is 5.02 Å². The fourth-order valence-electron chi connectivity index (χ4n) is 3.85. The normalized spacial score (nSPS) is 12.2. The Labute approximate surface area is 230 Å². The molecule has 0 bridgehead atoms. The molecule has 38 heavy (non-hydrogen) atoms. The van der Waals surface area contributed by atoms with Gasteiger partial charge in [0, 0.05) is 17.6 Å². The van der Waals surface area contributed by atoms with Crippen LogP contribution in [0.4, 0.5) is 5.69 Å². The summed E-state index contributed by atoms with van der Waals surface area (Å²) in [6.07, 6.45) is 0. The summed E-state index contributed by atoms with van der Waals surface area (Å²) in [5.74, 6) is -0.831. The van der Waals surface area contributed by atoms with E-state index in [2.05, 4.69) is 5.32 Å². The Balaban J connectivity index is 2.02. The minimum absolute atomic E-state index is 0.0570. The SMILES string of the molecule is Cc1ccc(CN(C(=O)CN(c2ccc(Cl)cc2)S(=O)(=O)c2ccc(C)cc2)C(C)C(=O)NC(C)C)cc1. The molecule has 0 spiro atoms. The molecule has 0 aliphatic rings. The maximum Gasteiger partial charge on any atom is 0.264 e. The Hall–Kier alpha value is -3.36. The lowest BCUT2D eigenvalue weighted by molar-refractivity contribution is -0.139. The van der Waals surface area contributed by atoms with E-state index in [-0.39, 0.29) is 29.1 Å². The molecule has 2 amide bonds. The first-order chi connectivity index (χ1) is 17.9. The van der Waals surface area contributed by atoms with E-state index < -0.39 is 28.5 Å². The number of anilines is 1. The van der Waals surface area contributed by atoms with Crippen LogP contribution in [0.1, 0.15) is 37.5 Å². The summed E-state index contributed by atoms with van der Waals surface area (Å²) >= 11 is 6.05. The first-order valence-corrected chi connectivity index (χ1v) is 14.2. The van der Waals surface area contributed by atoms with Crippen molar-refractivity contribution in [3.05, 3.63) is 94.5 Å². The van der Waals surface area contributed by atoms with Crippen molar-refractivity contribution in [1.82, 2.24) is 10.2 Å². The zero-order valence-corrected chi connectivity index (χ0v) is 23.9. The average Bonchev–Trinajstić information content (AvgIpc) is 2.87. The molecule has 202 valence electrons. The molecule has 1 unspecified atom stereocenters. The van der Waals surface area contributed by atoms with Gasteiger partial charge >= 0.3 is 0 Å². The minimum Gasteiger partial charge on any atom is -0.352 e. The second-order valence-corrected chi connectivity index (χ2v) is 11.9. The number of carbonyl (C=O) groups is 2. The number of halogens is 1. The lowest BCUT2D eigenvalue weighted by atomic mass is 10.1. The smallest absolute Gasteiger partial charge is 0.264 e. The molecule has 0 aliphatic carbocycles. The highest BCUT2D eigenvalue weighted by atomic mass is 35.5. The monoisotopic (exact) mass is 555 g/mol. The standard InChI is InChI=1S/C29H34ClN3O4S/c1-20(2)31-29(35)23(5)32(18-24-10-6-21(3)7-11-24)28(34)19-33(26-14-12-25(30)13-15-26)38(36,37)27-16-8-22(4)9-17-27/h6-17,20,23H,18-19H2,1-5H3,(H,31,35). The van der Waals surface area contributed by atoms with Crippen LogP contribution in [0.5, 0.6) is 0 Å². The Bertz CT molecular complexity index is 1360. The summed E-state index contributed by atoms with van der Waals surface area (Å²) in [4.78, 5) is 28.2. The molecule has 7 nitrogen and oxygen atoms in total. The average molecular weight is 556 g/mol. The van der Waals surface area contributed by atoms with E-state index in [9.17, 15) is 18.0 Å². The summed E-state index contributed by atoms with van der Waals surface area (Å²) in [6.45, 7) is 8.80. The van der Waals surface area contributed by atoms with Gasteiger partial charge in [0.15, 0.2) is 0 Å². The largest absolute Gasteiger partial charge is 0.352 e. The number of sulfonamides is 1. The van der Waals surface area contributed by atoms with Gasteiger partial charge in [0.05, 0.1) is 10.6 Å². The van der Waals surface area contributed by atoms with Crippen LogP contribution in [0.15, 0.2) is 77.7 Å². The van der Waals surface area contributed by atoms with Crippen molar-refractivity contribution < 1.29 is 18.0 Å². The second kappa shape index (κ2) is 12.5. The number of amides is 2. The molecule has 3 aromatic rings. The molecular formula is C29H34ClN3O4S. The number of benzene rings is 3. The molecule has 3 aromatic carbocycles. The van der Waals surface area contributed by atoms with E-state index >= 15 is 0 Å². The number of nitrogens with zero attached hydrogens (tertiary/aromatic N) is 2. The van der Waals surface area contributed by atoms with E-state index in [1.165, 1.54) is 17.0 Å². The molecule has 0 saturated heterocycles. The predicted octanol–water partition coefficient (Wildman–Crippen LogP) is 5.09. The number of rotatable bonds is 10. The van der Waals surface area contributed by atoms with Crippen LogP contribution in [0.25, 0.3) is 0 Å². The fraction of sp³-hybridized carbons (Fsp3) is 0.310. The Morgan fingerprint density at radius 3 is 1.89 bits per heavy atom. The van der Waals surface area contributed by atoms with Crippen LogP contribution in [0.3, 0.4) is 0 Å². The van der Waals surface area contributed by atoms with Crippen molar-refractivity contribution in [3.8, 4) is 0 Å². The number of aryl methyl sites for hydroxylation is 2. The highest BCUT2D eigenvalue weighted by Crippen LogP contribution is 2.26. The number of hydrogen-bond acceptors (Lipinski definition) is 4. The number of nitrogens with one attached hydrogen (secondary N) is 1. The van der Waals surface area contributed by atoms with Gasteiger partial charge in [-0.1, -0.05) is 59.1 Å². The zero-order chi connectivity index (χ0) is 28.0. The van der Waals surface area contributed by atoms with Gasteiger partial charge in [0.25, 0.3) is 10.0 Å². The first kappa shape index (κ1) is 29.2. The van der Waals surface area contributed by atoms with Crippen LogP contribution < -0.4 is 9.62 Å². The predicted molar refractivity (Wildman–Crippen MR) is 152 cm³/mol. The van der Waals surface area contributed by atoms with Crippen molar-refractivity contribution in [2.45, 2.75) is 58.1 Å². The van der Waals surface area contributed by atoms with Crippen LogP contribution in [-0.2, 0) is 26.2 Å². The van der Waals surface area contributed by atoms with E-state index in [4.69, 9.17) is 11.6 Å². The van der Waals surface area contributed by atoms with Crippen molar-refractivity contribution in [2.24, 2.45) is 0 Å². The Kier molecular flexibility index (Phi) is 9.57. The third-order valence-corrected chi connectivity index (χ3v) is 8.11. The number of carbonyl (C=O) groups excluding carboxylic acids is 2. The van der Waals surface area contributed by atoms with E-state index in [0.717, 1.165) is 21.0 Å². The maximum absolute atomic E-state index is 13.8. The van der Waals surface area contributed by atoms with Gasteiger partial charge in [-0.3, -0.25) is 13.9 Å². The van der Waals surface area contributed by atoms with Crippen molar-refractivity contribution in [2.75, 3.05) is 10.8 Å². The molecule has 0 heterocycles. The molecule has 9 heteroatoms. The lowest BCUT2D eigenvalue weighted by Crippen LogP contribution is -2.52. The summed E-state index contributed by atoms with van der Waals surface area (Å²) < 4.78 is 28.6. The summed E-state index contributed by atoms with van der Waals surface area (Å²) in [7, 11) is -4.11. The quantitative estimate of drug-likeness (QED) is 0.377. The first-order valence-electron chi connectivity index (χ1n) is 12.4. The summed E-state index contributed by atoms with van der Waals surface area (Å²) in [5.41, 5.74) is 3.09. The molecule has 0 aliphatic heterocycles. The molecule has 1 N–H and O–H groups in total. The molecule has 1 atom stereocenters. The Morgan fingerprint density at radius 2 is 1.37 bits per heavy atom. The van der Waals surface area contributed by atoms with Gasteiger partial charge in [-0.2, -0.15) is 0 Å². The fourth-order valence-corrected chi connectivity index (χ4v) is 5.39. The van der Waals surface area contributed by atoms with Crippen LogP contribution >= 0.6 is 11.6 Å². The molecule has 3 rings (SSSR count). The van der Waals surface area contributed by atoms with Gasteiger partial charge in [-0.15, -0.1) is 0 Å². The van der Waals surface area contributed by atoms with Crippen molar-refractivity contribution in [3.63, 3.8) is 0 Å². The van der Waals surface area contributed by atoms with Gasteiger partial charge < -0.3 is 10.2 Å². The third kappa shape index (κ3) is 7.36. The summed E-state index contributed by atoms with van der Waals surface area (Å²) in [6, 6.07) is 19.4. The van der Waals surface area contributed by atoms with E-state index in [1.807, 2.05) is 52.0 Å². The van der Waals surface area contributed by atoms with Gasteiger partial charge in [-0.05, 0) is 76.6 Å². The third-order valence-electron chi connectivity index (χ3n) is 6.07.